The molecule has 1 aromatic rings. The van der Waals surface area contributed by atoms with E-state index in [-0.39, 0.29) is 18.1 Å². The molecule has 18 heavy (non-hydrogen) atoms. The minimum atomic E-state index is 0.143. The summed E-state index contributed by atoms with van der Waals surface area (Å²) in [5.74, 6) is 1.00. The predicted octanol–water partition coefficient (Wildman–Crippen LogP) is 2.73. The summed E-state index contributed by atoms with van der Waals surface area (Å²) in [6.45, 7) is 7.82. The lowest BCUT2D eigenvalue weighted by molar-refractivity contribution is 0.239. The van der Waals surface area contributed by atoms with Crippen molar-refractivity contribution in [3.8, 4) is 0 Å². The monoisotopic (exact) mass is 248 g/mol. The summed E-state index contributed by atoms with van der Waals surface area (Å²) in [6, 6.07) is 4.49. The third-order valence-electron chi connectivity index (χ3n) is 3.75. The summed E-state index contributed by atoms with van der Waals surface area (Å²) >= 11 is 0. The summed E-state index contributed by atoms with van der Waals surface area (Å²) in [4.78, 5) is 6.83. The molecular weight excluding hydrogens is 224 g/mol. The molecule has 0 saturated carbocycles. The lowest BCUT2D eigenvalue weighted by atomic mass is 9.88. The minimum absolute atomic E-state index is 0.143. The van der Waals surface area contributed by atoms with Crippen LogP contribution >= 0.6 is 0 Å². The smallest absolute Gasteiger partial charge is 0.128 e. The molecule has 0 aromatic carbocycles. The van der Waals surface area contributed by atoms with Crippen molar-refractivity contribution in [3.63, 3.8) is 0 Å². The number of anilines is 1. The first-order valence-corrected chi connectivity index (χ1v) is 6.86. The fraction of sp³-hybridized carbons (Fsp3) is 0.667. The number of aliphatic hydroxyl groups is 1. The largest absolute Gasteiger partial charge is 0.394 e. The van der Waals surface area contributed by atoms with Crippen LogP contribution in [0.3, 0.4) is 0 Å². The Bertz CT molecular complexity index is 380. The molecule has 0 spiro atoms. The SMILES string of the molecule is CC(C)(C)c1ccc(N2CCCCC2CO)nc1. The summed E-state index contributed by atoms with van der Waals surface area (Å²) in [5, 5.41) is 9.44. The predicted molar refractivity (Wildman–Crippen MR) is 75.0 cm³/mol. The number of hydrogen-bond donors (Lipinski definition) is 1. The zero-order valence-corrected chi connectivity index (χ0v) is 11.7. The van der Waals surface area contributed by atoms with E-state index in [1.165, 1.54) is 18.4 Å². The van der Waals surface area contributed by atoms with Crippen LogP contribution in [0, 0.1) is 0 Å². The van der Waals surface area contributed by atoms with Gasteiger partial charge in [0.2, 0.25) is 0 Å². The van der Waals surface area contributed by atoms with Gasteiger partial charge in [-0.2, -0.15) is 0 Å². The summed E-state index contributed by atoms with van der Waals surface area (Å²) in [5.41, 5.74) is 1.40. The highest BCUT2D eigenvalue weighted by atomic mass is 16.3. The van der Waals surface area contributed by atoms with Crippen molar-refractivity contribution in [1.29, 1.82) is 0 Å². The highest BCUT2D eigenvalue weighted by Crippen LogP contribution is 2.26. The summed E-state index contributed by atoms with van der Waals surface area (Å²) in [7, 11) is 0. The maximum Gasteiger partial charge on any atom is 0.128 e. The van der Waals surface area contributed by atoms with E-state index in [4.69, 9.17) is 0 Å². The van der Waals surface area contributed by atoms with Gasteiger partial charge in [0.1, 0.15) is 5.82 Å². The topological polar surface area (TPSA) is 36.4 Å². The minimum Gasteiger partial charge on any atom is -0.394 e. The normalized spacial score (nSPS) is 21.1. The Kier molecular flexibility index (Phi) is 3.91. The lowest BCUT2D eigenvalue weighted by Crippen LogP contribution is -2.42. The highest BCUT2D eigenvalue weighted by Gasteiger charge is 2.23. The molecule has 2 heterocycles. The van der Waals surface area contributed by atoms with Gasteiger partial charge >= 0.3 is 0 Å². The standard InChI is InChI=1S/C15H24N2O/c1-15(2,3)12-7-8-14(16-10-12)17-9-5-4-6-13(17)11-18/h7-8,10,13,18H,4-6,9,11H2,1-3H3. The molecule has 100 valence electrons. The van der Waals surface area contributed by atoms with Crippen molar-refractivity contribution in [2.75, 3.05) is 18.1 Å². The van der Waals surface area contributed by atoms with E-state index in [0.29, 0.717) is 0 Å². The number of pyridine rings is 1. The van der Waals surface area contributed by atoms with Crippen molar-refractivity contribution in [2.24, 2.45) is 0 Å². The average molecular weight is 248 g/mol. The Morgan fingerprint density at radius 2 is 2.11 bits per heavy atom. The first-order chi connectivity index (χ1) is 8.52. The third-order valence-corrected chi connectivity index (χ3v) is 3.75. The van der Waals surface area contributed by atoms with Crippen molar-refractivity contribution in [1.82, 2.24) is 4.98 Å². The molecule has 0 amide bonds. The van der Waals surface area contributed by atoms with E-state index in [9.17, 15) is 5.11 Å². The zero-order valence-electron chi connectivity index (χ0n) is 11.7. The first-order valence-electron chi connectivity index (χ1n) is 6.86. The van der Waals surface area contributed by atoms with Crippen molar-refractivity contribution < 1.29 is 5.11 Å². The molecule has 1 N–H and O–H groups in total. The number of aliphatic hydroxyl groups excluding tert-OH is 1. The van der Waals surface area contributed by atoms with Gasteiger partial charge in [-0.15, -0.1) is 0 Å². The van der Waals surface area contributed by atoms with Crippen LogP contribution in [0.5, 0.6) is 0 Å². The molecule has 0 aliphatic carbocycles. The van der Waals surface area contributed by atoms with Gasteiger partial charge in [-0.3, -0.25) is 0 Å². The van der Waals surface area contributed by atoms with E-state index in [1.807, 2.05) is 6.20 Å². The quantitative estimate of drug-likeness (QED) is 0.874. The molecule has 1 aliphatic heterocycles. The fourth-order valence-corrected chi connectivity index (χ4v) is 2.49. The van der Waals surface area contributed by atoms with Gasteiger partial charge in [0.25, 0.3) is 0 Å². The van der Waals surface area contributed by atoms with Crippen LogP contribution in [0.25, 0.3) is 0 Å². The zero-order chi connectivity index (χ0) is 13.2. The molecule has 1 unspecified atom stereocenters. The molecule has 1 saturated heterocycles. The van der Waals surface area contributed by atoms with Gasteiger partial charge in [0.05, 0.1) is 12.6 Å². The first kappa shape index (κ1) is 13.3. The van der Waals surface area contributed by atoms with Gasteiger partial charge in [-0.1, -0.05) is 26.8 Å². The number of piperidine rings is 1. The summed E-state index contributed by atoms with van der Waals surface area (Å²) < 4.78 is 0. The lowest BCUT2D eigenvalue weighted by Gasteiger charge is -2.35. The molecule has 1 fully saturated rings. The van der Waals surface area contributed by atoms with Gasteiger partial charge in [0.15, 0.2) is 0 Å². The van der Waals surface area contributed by atoms with Crippen molar-refractivity contribution >= 4 is 5.82 Å². The van der Waals surface area contributed by atoms with Crippen LogP contribution in [-0.2, 0) is 5.41 Å². The Balaban J connectivity index is 2.18. The molecule has 3 heteroatoms. The van der Waals surface area contributed by atoms with Crippen LogP contribution in [-0.4, -0.2) is 29.3 Å². The molecule has 2 rings (SSSR count). The summed E-state index contributed by atoms with van der Waals surface area (Å²) in [6.07, 6.45) is 5.44. The van der Waals surface area contributed by atoms with Gasteiger partial charge < -0.3 is 10.0 Å². The Hall–Kier alpha value is -1.09. The van der Waals surface area contributed by atoms with E-state index >= 15 is 0 Å². The van der Waals surface area contributed by atoms with E-state index in [1.54, 1.807) is 0 Å². The fourth-order valence-electron chi connectivity index (χ4n) is 2.49. The Morgan fingerprint density at radius 3 is 2.67 bits per heavy atom. The van der Waals surface area contributed by atoms with E-state index < -0.39 is 0 Å². The van der Waals surface area contributed by atoms with Crippen LogP contribution in [0.4, 0.5) is 5.82 Å². The molecule has 1 aromatic heterocycles. The van der Waals surface area contributed by atoms with Crippen molar-refractivity contribution in [3.05, 3.63) is 23.9 Å². The number of hydrogen-bond acceptors (Lipinski definition) is 3. The van der Waals surface area contributed by atoms with Gasteiger partial charge in [-0.25, -0.2) is 4.98 Å². The molecule has 1 aliphatic rings. The van der Waals surface area contributed by atoms with Crippen LogP contribution < -0.4 is 4.90 Å². The van der Waals surface area contributed by atoms with Crippen LogP contribution in [0.15, 0.2) is 18.3 Å². The third kappa shape index (κ3) is 2.83. The Morgan fingerprint density at radius 1 is 1.33 bits per heavy atom. The van der Waals surface area contributed by atoms with Gasteiger partial charge in [-0.05, 0) is 36.3 Å². The second kappa shape index (κ2) is 5.27. The maximum atomic E-state index is 9.44. The molecule has 1 atom stereocenters. The van der Waals surface area contributed by atoms with E-state index in [0.717, 1.165) is 18.8 Å². The average Bonchev–Trinajstić information content (AvgIpc) is 2.38. The number of nitrogens with zero attached hydrogens (tertiary/aromatic N) is 2. The molecular formula is C15H24N2O. The molecule has 0 radical (unpaired) electrons. The van der Waals surface area contributed by atoms with Crippen LogP contribution in [0.1, 0.15) is 45.6 Å². The highest BCUT2D eigenvalue weighted by molar-refractivity contribution is 5.42. The van der Waals surface area contributed by atoms with E-state index in [2.05, 4.69) is 42.8 Å². The van der Waals surface area contributed by atoms with Gasteiger partial charge in [0, 0.05) is 12.7 Å². The second-order valence-electron chi connectivity index (χ2n) is 6.18. The van der Waals surface area contributed by atoms with Crippen LogP contribution in [0.2, 0.25) is 0 Å². The number of rotatable bonds is 2. The molecule has 0 bridgehead atoms. The van der Waals surface area contributed by atoms with Crippen molar-refractivity contribution in [2.45, 2.75) is 51.5 Å². The Labute approximate surface area is 110 Å². The second-order valence-corrected chi connectivity index (χ2v) is 6.18. The maximum absolute atomic E-state index is 9.44. The molecule has 3 nitrogen and oxygen atoms in total. The number of aromatic nitrogens is 1.